The number of likely N-dealkylation sites (tertiary alicyclic amines) is 1. The summed E-state index contributed by atoms with van der Waals surface area (Å²) in [5.74, 6) is 0.920. The quantitative estimate of drug-likeness (QED) is 0.663. The Morgan fingerprint density at radius 3 is 2.57 bits per heavy atom. The molecule has 0 unspecified atom stereocenters. The number of benzene rings is 1. The molecule has 0 atom stereocenters. The molecule has 1 aromatic heterocycles. The van der Waals surface area contributed by atoms with Crippen molar-refractivity contribution in [3.05, 3.63) is 47.3 Å². The van der Waals surface area contributed by atoms with Crippen LogP contribution in [-0.4, -0.2) is 45.0 Å². The fourth-order valence-corrected chi connectivity index (χ4v) is 5.46. The fourth-order valence-electron chi connectivity index (χ4n) is 3.15. The van der Waals surface area contributed by atoms with Crippen LogP contribution in [0.3, 0.4) is 0 Å². The van der Waals surface area contributed by atoms with Gasteiger partial charge < -0.3 is 9.64 Å². The second-order valence-corrected chi connectivity index (χ2v) is 9.86. The summed E-state index contributed by atoms with van der Waals surface area (Å²) >= 11 is 1.21. The van der Waals surface area contributed by atoms with Gasteiger partial charge in [0.05, 0.1) is 6.61 Å². The molecular formula is C20H26N2O4S2. The summed E-state index contributed by atoms with van der Waals surface area (Å²) in [5.41, 5.74) is 1.18. The maximum absolute atomic E-state index is 12.4. The van der Waals surface area contributed by atoms with E-state index in [1.807, 2.05) is 36.1 Å². The van der Waals surface area contributed by atoms with Crippen molar-refractivity contribution in [3.63, 3.8) is 0 Å². The Morgan fingerprint density at radius 1 is 1.21 bits per heavy atom. The lowest BCUT2D eigenvalue weighted by Crippen LogP contribution is -2.46. The first-order valence-electron chi connectivity index (χ1n) is 9.47. The molecule has 0 bridgehead atoms. The minimum Gasteiger partial charge on any atom is -0.494 e. The van der Waals surface area contributed by atoms with Crippen LogP contribution in [0.5, 0.6) is 5.75 Å². The van der Waals surface area contributed by atoms with Crippen molar-refractivity contribution in [2.45, 2.75) is 42.9 Å². The number of thiophene rings is 1. The van der Waals surface area contributed by atoms with Crippen LogP contribution in [0, 0.1) is 6.92 Å². The van der Waals surface area contributed by atoms with Crippen LogP contribution in [-0.2, 0) is 14.8 Å². The maximum atomic E-state index is 12.4. The van der Waals surface area contributed by atoms with Crippen molar-refractivity contribution in [1.29, 1.82) is 0 Å². The number of hydrogen-bond donors (Lipinski definition) is 1. The van der Waals surface area contributed by atoms with Crippen LogP contribution in [0.25, 0.3) is 0 Å². The Balaban J connectivity index is 1.36. The number of piperidine rings is 1. The molecule has 2 aromatic rings. The number of nitrogens with one attached hydrogen (secondary N) is 1. The van der Waals surface area contributed by atoms with Gasteiger partial charge in [-0.25, -0.2) is 13.1 Å². The highest BCUT2D eigenvalue weighted by atomic mass is 32.2. The van der Waals surface area contributed by atoms with Gasteiger partial charge in [-0.2, -0.15) is 0 Å². The maximum Gasteiger partial charge on any atom is 0.250 e. The van der Waals surface area contributed by atoms with E-state index in [0.29, 0.717) is 49.6 Å². The van der Waals surface area contributed by atoms with Crippen LogP contribution >= 0.6 is 11.3 Å². The molecule has 6 nitrogen and oxygen atoms in total. The van der Waals surface area contributed by atoms with Gasteiger partial charge in [0.2, 0.25) is 15.9 Å². The van der Waals surface area contributed by atoms with Crippen LogP contribution in [0.15, 0.2) is 46.0 Å². The molecule has 1 saturated heterocycles. The van der Waals surface area contributed by atoms with Gasteiger partial charge in [-0.05, 0) is 49.8 Å². The van der Waals surface area contributed by atoms with E-state index >= 15 is 0 Å². The predicted octanol–water partition coefficient (Wildman–Crippen LogP) is 3.19. The zero-order chi connectivity index (χ0) is 20.0. The zero-order valence-electron chi connectivity index (χ0n) is 16.0. The topological polar surface area (TPSA) is 75.7 Å². The molecule has 0 radical (unpaired) electrons. The number of carbonyl (C=O) groups is 1. The molecule has 0 saturated carbocycles. The molecule has 1 aliphatic rings. The lowest BCUT2D eigenvalue weighted by molar-refractivity contribution is -0.132. The van der Waals surface area contributed by atoms with Crippen LogP contribution < -0.4 is 9.46 Å². The highest BCUT2D eigenvalue weighted by molar-refractivity contribution is 7.91. The summed E-state index contributed by atoms with van der Waals surface area (Å²) in [6.45, 7) is 3.69. The number of ether oxygens (including phenoxy) is 1. The smallest absolute Gasteiger partial charge is 0.250 e. The Hall–Kier alpha value is -1.90. The number of rotatable bonds is 8. The van der Waals surface area contributed by atoms with Crippen LogP contribution in [0.1, 0.15) is 31.2 Å². The van der Waals surface area contributed by atoms with E-state index < -0.39 is 10.0 Å². The van der Waals surface area contributed by atoms with Crippen molar-refractivity contribution >= 4 is 27.3 Å². The minimum absolute atomic E-state index is 0.104. The van der Waals surface area contributed by atoms with Crippen molar-refractivity contribution in [1.82, 2.24) is 9.62 Å². The fraction of sp³-hybridized carbons (Fsp3) is 0.450. The van der Waals surface area contributed by atoms with Gasteiger partial charge in [-0.1, -0.05) is 23.8 Å². The molecule has 152 valence electrons. The van der Waals surface area contributed by atoms with Crippen molar-refractivity contribution < 1.29 is 17.9 Å². The molecule has 1 fully saturated rings. The summed E-state index contributed by atoms with van der Waals surface area (Å²) in [4.78, 5) is 14.2. The molecule has 0 spiro atoms. The van der Waals surface area contributed by atoms with E-state index in [-0.39, 0.29) is 11.9 Å². The van der Waals surface area contributed by atoms with Gasteiger partial charge in [0, 0.05) is 25.6 Å². The monoisotopic (exact) mass is 422 g/mol. The molecule has 3 rings (SSSR count). The van der Waals surface area contributed by atoms with E-state index in [9.17, 15) is 13.2 Å². The SMILES string of the molecule is Cc1ccc(OCCCC(=O)N2CCC(NS(=O)(=O)c3cccs3)CC2)cc1. The van der Waals surface area contributed by atoms with Gasteiger partial charge in [-0.15, -0.1) is 11.3 Å². The van der Waals surface area contributed by atoms with Crippen molar-refractivity contribution in [3.8, 4) is 5.75 Å². The minimum atomic E-state index is -3.45. The van der Waals surface area contributed by atoms with Crippen molar-refractivity contribution in [2.75, 3.05) is 19.7 Å². The molecule has 1 aromatic carbocycles. The second kappa shape index (κ2) is 9.54. The highest BCUT2D eigenvalue weighted by Gasteiger charge is 2.26. The number of sulfonamides is 1. The summed E-state index contributed by atoms with van der Waals surface area (Å²) in [6, 6.07) is 11.1. The predicted molar refractivity (Wildman–Crippen MR) is 110 cm³/mol. The van der Waals surface area contributed by atoms with Gasteiger partial charge in [-0.3, -0.25) is 4.79 Å². The Labute approximate surface area is 170 Å². The first-order chi connectivity index (χ1) is 13.4. The van der Waals surface area contributed by atoms with Gasteiger partial charge >= 0.3 is 0 Å². The first-order valence-corrected chi connectivity index (χ1v) is 11.8. The molecule has 8 heteroatoms. The summed E-state index contributed by atoms with van der Waals surface area (Å²) in [7, 11) is -3.45. The Bertz CT molecular complexity index is 856. The molecule has 1 N–H and O–H groups in total. The van der Waals surface area contributed by atoms with Crippen LogP contribution in [0.4, 0.5) is 0 Å². The largest absolute Gasteiger partial charge is 0.494 e. The molecule has 1 aliphatic heterocycles. The molecule has 28 heavy (non-hydrogen) atoms. The number of carbonyl (C=O) groups excluding carboxylic acids is 1. The third-order valence-electron chi connectivity index (χ3n) is 4.75. The molecular weight excluding hydrogens is 396 g/mol. The molecule has 2 heterocycles. The van der Waals surface area contributed by atoms with Crippen molar-refractivity contribution in [2.24, 2.45) is 0 Å². The number of amides is 1. The van der Waals surface area contributed by atoms with Gasteiger partial charge in [0.1, 0.15) is 9.96 Å². The molecule has 0 aliphatic carbocycles. The van der Waals surface area contributed by atoms with E-state index in [1.165, 1.54) is 16.9 Å². The van der Waals surface area contributed by atoms with E-state index in [2.05, 4.69) is 4.72 Å². The lowest BCUT2D eigenvalue weighted by Gasteiger charge is -2.32. The third kappa shape index (κ3) is 5.80. The molecule has 1 amide bonds. The van der Waals surface area contributed by atoms with Gasteiger partial charge in [0.25, 0.3) is 0 Å². The summed E-state index contributed by atoms with van der Waals surface area (Å²) in [5, 5.41) is 1.75. The highest BCUT2D eigenvalue weighted by Crippen LogP contribution is 2.19. The standard InChI is InChI=1S/C20H26N2O4S2/c1-16-6-8-18(9-7-16)26-14-2-4-19(23)22-12-10-17(11-13-22)21-28(24,25)20-5-3-15-27-20/h3,5-9,15,17,21H,2,4,10-14H2,1H3. The first kappa shape index (κ1) is 20.8. The number of aryl methyl sites for hydroxylation is 1. The van der Waals surface area contributed by atoms with Gasteiger partial charge in [0.15, 0.2) is 0 Å². The van der Waals surface area contributed by atoms with E-state index in [0.717, 1.165) is 5.75 Å². The Morgan fingerprint density at radius 2 is 1.93 bits per heavy atom. The normalized spacial score (nSPS) is 15.5. The third-order valence-corrected chi connectivity index (χ3v) is 7.67. The number of nitrogens with zero attached hydrogens (tertiary/aromatic N) is 1. The second-order valence-electron chi connectivity index (χ2n) is 6.97. The van der Waals surface area contributed by atoms with E-state index in [1.54, 1.807) is 17.5 Å². The Kier molecular flexibility index (Phi) is 7.09. The lowest BCUT2D eigenvalue weighted by atomic mass is 10.1. The van der Waals surface area contributed by atoms with E-state index in [4.69, 9.17) is 4.74 Å². The summed E-state index contributed by atoms with van der Waals surface area (Å²) < 4.78 is 33.3. The average molecular weight is 423 g/mol. The number of hydrogen-bond acceptors (Lipinski definition) is 5. The van der Waals surface area contributed by atoms with Crippen LogP contribution in [0.2, 0.25) is 0 Å². The average Bonchev–Trinajstić information content (AvgIpc) is 3.23. The summed E-state index contributed by atoms with van der Waals surface area (Å²) in [6.07, 6.45) is 2.38. The zero-order valence-corrected chi connectivity index (χ0v) is 17.6.